The van der Waals surface area contributed by atoms with Gasteiger partial charge in [0.25, 0.3) is 0 Å². The van der Waals surface area contributed by atoms with Crippen LogP contribution in [0.15, 0.2) is 54.3 Å². The van der Waals surface area contributed by atoms with Gasteiger partial charge in [-0.3, -0.25) is 9.69 Å². The molecule has 28 heavy (non-hydrogen) atoms. The van der Waals surface area contributed by atoms with Crippen LogP contribution in [-0.4, -0.2) is 36.0 Å². The van der Waals surface area contributed by atoms with Gasteiger partial charge in [0.1, 0.15) is 17.2 Å². The van der Waals surface area contributed by atoms with Crippen LogP contribution in [0.3, 0.4) is 0 Å². The fourth-order valence-electron chi connectivity index (χ4n) is 3.67. The Morgan fingerprint density at radius 3 is 2.75 bits per heavy atom. The van der Waals surface area contributed by atoms with Gasteiger partial charge < -0.3 is 14.6 Å². The Morgan fingerprint density at radius 1 is 1.18 bits per heavy atom. The molecule has 1 saturated heterocycles. The van der Waals surface area contributed by atoms with Gasteiger partial charge in [-0.2, -0.15) is 0 Å². The van der Waals surface area contributed by atoms with Crippen LogP contribution in [0.4, 0.5) is 0 Å². The SMILES string of the molecule is COc1ccccc1/C=C/C=C1/Oc2c(ccc(O)c2CN2CCCC2)C1=O. The zero-order valence-electron chi connectivity index (χ0n) is 15.9. The van der Waals surface area contributed by atoms with Gasteiger partial charge in [0, 0.05) is 12.1 Å². The summed E-state index contributed by atoms with van der Waals surface area (Å²) >= 11 is 0. The molecule has 4 rings (SSSR count). The van der Waals surface area contributed by atoms with Gasteiger partial charge >= 0.3 is 0 Å². The first-order valence-electron chi connectivity index (χ1n) is 9.48. The summed E-state index contributed by atoms with van der Waals surface area (Å²) in [4.78, 5) is 15.0. The van der Waals surface area contributed by atoms with E-state index in [-0.39, 0.29) is 17.3 Å². The topological polar surface area (TPSA) is 59.0 Å². The van der Waals surface area contributed by atoms with E-state index in [1.807, 2.05) is 30.3 Å². The maximum atomic E-state index is 12.7. The van der Waals surface area contributed by atoms with Crippen LogP contribution in [0.1, 0.15) is 34.3 Å². The van der Waals surface area contributed by atoms with Crippen molar-refractivity contribution in [2.45, 2.75) is 19.4 Å². The lowest BCUT2D eigenvalue weighted by Crippen LogP contribution is -2.18. The minimum atomic E-state index is -0.164. The van der Waals surface area contributed by atoms with Gasteiger partial charge in [0.2, 0.25) is 5.78 Å². The molecule has 5 nitrogen and oxygen atoms in total. The summed E-state index contributed by atoms with van der Waals surface area (Å²) in [6.07, 6.45) is 7.62. The number of Topliss-reactive ketones (excluding diaryl/α,β-unsaturated/α-hetero) is 1. The summed E-state index contributed by atoms with van der Waals surface area (Å²) in [5.41, 5.74) is 2.10. The van der Waals surface area contributed by atoms with E-state index in [0.29, 0.717) is 23.4 Å². The van der Waals surface area contributed by atoms with Crippen molar-refractivity contribution in [2.24, 2.45) is 0 Å². The van der Waals surface area contributed by atoms with E-state index < -0.39 is 0 Å². The summed E-state index contributed by atoms with van der Waals surface area (Å²) in [5, 5.41) is 10.3. The van der Waals surface area contributed by atoms with Crippen molar-refractivity contribution in [3.8, 4) is 17.2 Å². The zero-order valence-corrected chi connectivity index (χ0v) is 15.9. The second-order valence-corrected chi connectivity index (χ2v) is 6.99. The minimum absolute atomic E-state index is 0.164. The largest absolute Gasteiger partial charge is 0.507 e. The second-order valence-electron chi connectivity index (χ2n) is 6.99. The number of hydrogen-bond acceptors (Lipinski definition) is 5. The molecule has 2 aliphatic heterocycles. The number of benzene rings is 2. The zero-order chi connectivity index (χ0) is 19.5. The molecule has 0 unspecified atom stereocenters. The van der Waals surface area contributed by atoms with Crippen molar-refractivity contribution in [2.75, 3.05) is 20.2 Å². The van der Waals surface area contributed by atoms with E-state index in [4.69, 9.17) is 9.47 Å². The number of phenols is 1. The van der Waals surface area contributed by atoms with E-state index in [0.717, 1.165) is 37.2 Å². The third kappa shape index (κ3) is 3.53. The smallest absolute Gasteiger partial charge is 0.231 e. The van der Waals surface area contributed by atoms with Gasteiger partial charge in [-0.1, -0.05) is 30.4 Å². The first-order valence-corrected chi connectivity index (χ1v) is 9.48. The highest BCUT2D eigenvalue weighted by molar-refractivity contribution is 6.12. The average molecular weight is 377 g/mol. The normalized spacial score (nSPS) is 18.0. The number of hydrogen-bond donors (Lipinski definition) is 1. The van der Waals surface area contributed by atoms with Crippen molar-refractivity contribution in [1.82, 2.24) is 4.90 Å². The number of nitrogens with zero attached hydrogens (tertiary/aromatic N) is 1. The predicted molar refractivity (Wildman–Crippen MR) is 108 cm³/mol. The summed E-state index contributed by atoms with van der Waals surface area (Å²) in [6.45, 7) is 2.59. The molecule has 0 spiro atoms. The quantitative estimate of drug-likeness (QED) is 0.793. The predicted octanol–water partition coefficient (Wildman–Crippen LogP) is 4.17. The standard InChI is InChI=1S/C23H23NO4/c1-27-20-9-3-2-7-16(20)8-6-10-21-22(26)17-11-12-19(25)18(23(17)28-21)15-24-13-4-5-14-24/h2-3,6-12,25H,4-5,13-15H2,1H3/b8-6+,21-10+. The van der Waals surface area contributed by atoms with Crippen LogP contribution in [0.2, 0.25) is 0 Å². The van der Waals surface area contributed by atoms with Crippen LogP contribution >= 0.6 is 0 Å². The van der Waals surface area contributed by atoms with E-state index in [1.165, 1.54) is 0 Å². The van der Waals surface area contributed by atoms with Crippen molar-refractivity contribution in [3.63, 3.8) is 0 Å². The molecular weight excluding hydrogens is 354 g/mol. The van der Waals surface area contributed by atoms with Crippen molar-refractivity contribution in [3.05, 3.63) is 71.0 Å². The minimum Gasteiger partial charge on any atom is -0.507 e. The fraction of sp³-hybridized carbons (Fsp3) is 0.261. The third-order valence-corrected chi connectivity index (χ3v) is 5.16. The number of rotatable bonds is 5. The molecule has 0 bridgehead atoms. The Bertz CT molecular complexity index is 955. The molecule has 5 heteroatoms. The van der Waals surface area contributed by atoms with E-state index >= 15 is 0 Å². The summed E-state index contributed by atoms with van der Waals surface area (Å²) < 4.78 is 11.2. The van der Waals surface area contributed by atoms with Crippen LogP contribution < -0.4 is 9.47 Å². The third-order valence-electron chi connectivity index (χ3n) is 5.16. The number of aromatic hydroxyl groups is 1. The van der Waals surface area contributed by atoms with E-state index in [9.17, 15) is 9.90 Å². The summed E-state index contributed by atoms with van der Waals surface area (Å²) in [7, 11) is 1.62. The Labute approximate surface area is 164 Å². The van der Waals surface area contributed by atoms with Crippen LogP contribution in [0, 0.1) is 0 Å². The van der Waals surface area contributed by atoms with Gasteiger partial charge in [-0.25, -0.2) is 0 Å². The van der Waals surface area contributed by atoms with E-state index in [1.54, 1.807) is 31.4 Å². The van der Waals surface area contributed by atoms with Gasteiger partial charge in [-0.15, -0.1) is 0 Å². The number of allylic oxidation sites excluding steroid dienone is 3. The van der Waals surface area contributed by atoms with Crippen molar-refractivity contribution < 1.29 is 19.4 Å². The highest BCUT2D eigenvalue weighted by atomic mass is 16.5. The second kappa shape index (κ2) is 7.90. The van der Waals surface area contributed by atoms with Crippen LogP contribution in [0.5, 0.6) is 17.2 Å². The maximum absolute atomic E-state index is 12.7. The number of para-hydroxylation sites is 1. The molecule has 0 radical (unpaired) electrons. The van der Waals surface area contributed by atoms with Crippen LogP contribution in [0.25, 0.3) is 6.08 Å². The Kier molecular flexibility index (Phi) is 5.17. The van der Waals surface area contributed by atoms with E-state index in [2.05, 4.69) is 4.90 Å². The molecule has 0 amide bonds. The number of methoxy groups -OCH3 is 1. The summed E-state index contributed by atoms with van der Waals surface area (Å²) in [6, 6.07) is 10.9. The Balaban J connectivity index is 1.58. The molecule has 0 aromatic heterocycles. The van der Waals surface area contributed by atoms with Crippen molar-refractivity contribution >= 4 is 11.9 Å². The molecule has 144 valence electrons. The number of likely N-dealkylation sites (tertiary alicyclic amines) is 1. The number of ketones is 1. The summed E-state index contributed by atoms with van der Waals surface area (Å²) in [5.74, 6) is 1.51. The Hall–Kier alpha value is -3.05. The molecule has 0 aliphatic carbocycles. The molecule has 2 aromatic carbocycles. The lowest BCUT2D eigenvalue weighted by atomic mass is 10.0. The van der Waals surface area contributed by atoms with Gasteiger partial charge in [-0.05, 0) is 50.2 Å². The molecule has 2 heterocycles. The molecule has 1 N–H and O–H groups in total. The fourth-order valence-corrected chi connectivity index (χ4v) is 3.67. The van der Waals surface area contributed by atoms with Crippen LogP contribution in [-0.2, 0) is 6.54 Å². The molecular formula is C23H23NO4. The Morgan fingerprint density at radius 2 is 1.96 bits per heavy atom. The van der Waals surface area contributed by atoms with Crippen molar-refractivity contribution in [1.29, 1.82) is 0 Å². The molecule has 2 aliphatic rings. The van der Waals surface area contributed by atoms with Gasteiger partial charge in [0.05, 0.1) is 18.2 Å². The highest BCUT2D eigenvalue weighted by Gasteiger charge is 2.31. The number of ether oxygens (including phenoxy) is 2. The lowest BCUT2D eigenvalue weighted by molar-refractivity contribution is 0.101. The van der Waals surface area contributed by atoms with Gasteiger partial charge in [0.15, 0.2) is 5.76 Å². The lowest BCUT2D eigenvalue weighted by Gasteiger charge is -2.17. The number of carbonyl (C=O) groups excluding carboxylic acids is 1. The highest BCUT2D eigenvalue weighted by Crippen LogP contribution is 2.40. The molecule has 2 aromatic rings. The first kappa shape index (κ1) is 18.3. The monoisotopic (exact) mass is 377 g/mol. The average Bonchev–Trinajstić information content (AvgIpc) is 3.33. The number of carbonyl (C=O) groups is 1. The number of fused-ring (bicyclic) bond motifs is 1. The molecule has 1 fully saturated rings. The maximum Gasteiger partial charge on any atom is 0.231 e. The molecule has 0 atom stereocenters. The molecule has 0 saturated carbocycles. The first-order chi connectivity index (χ1) is 13.7. The number of phenolic OH excluding ortho intramolecular Hbond substituents is 1.